The number of halogens is 1. The van der Waals surface area contributed by atoms with Gasteiger partial charge in [0.25, 0.3) is 5.91 Å². The average molecular weight is 305 g/mol. The van der Waals surface area contributed by atoms with Crippen molar-refractivity contribution in [1.82, 2.24) is 4.98 Å². The van der Waals surface area contributed by atoms with Gasteiger partial charge in [0.1, 0.15) is 0 Å². The van der Waals surface area contributed by atoms with Gasteiger partial charge in [-0.1, -0.05) is 15.9 Å². The Morgan fingerprint density at radius 3 is 2.39 bits per heavy atom. The maximum absolute atomic E-state index is 12.1. The molecule has 1 aromatic carbocycles. The molecular weight excluding hydrogens is 292 g/mol. The van der Waals surface area contributed by atoms with Gasteiger partial charge in [-0.15, -0.1) is 0 Å². The summed E-state index contributed by atoms with van der Waals surface area (Å²) in [5.74, 6) is -0.137. The molecule has 0 unspecified atom stereocenters. The van der Waals surface area contributed by atoms with Gasteiger partial charge in [-0.25, -0.2) is 0 Å². The maximum Gasteiger partial charge on any atom is 0.257 e. The minimum atomic E-state index is -0.137. The fourth-order valence-electron chi connectivity index (χ4n) is 1.66. The maximum atomic E-state index is 12.1. The van der Waals surface area contributed by atoms with E-state index in [9.17, 15) is 4.79 Å². The molecule has 0 aliphatic carbocycles. The van der Waals surface area contributed by atoms with Crippen LogP contribution in [0.25, 0.3) is 0 Å². The van der Waals surface area contributed by atoms with E-state index in [2.05, 4.69) is 26.2 Å². The van der Waals surface area contributed by atoms with Crippen LogP contribution >= 0.6 is 15.9 Å². The zero-order chi connectivity index (χ0) is 13.1. The van der Waals surface area contributed by atoms with Crippen molar-refractivity contribution in [2.24, 2.45) is 0 Å². The topological polar surface area (TPSA) is 42.0 Å². The summed E-state index contributed by atoms with van der Waals surface area (Å²) in [6.07, 6.45) is 0. The zero-order valence-electron chi connectivity index (χ0n) is 10.2. The molecule has 0 fully saturated rings. The Hall–Kier alpha value is -1.68. The Morgan fingerprint density at radius 2 is 1.78 bits per heavy atom. The first-order chi connectivity index (χ1) is 8.56. The van der Waals surface area contributed by atoms with Crippen LogP contribution in [0.5, 0.6) is 0 Å². The van der Waals surface area contributed by atoms with Crippen LogP contribution in [0.3, 0.4) is 0 Å². The average Bonchev–Trinajstić information content (AvgIpc) is 2.32. The van der Waals surface area contributed by atoms with Gasteiger partial charge in [0.05, 0.1) is 11.3 Å². The molecule has 2 rings (SSSR count). The first kappa shape index (κ1) is 12.8. The number of hydrogen-bond donors (Lipinski definition) is 1. The first-order valence-electron chi connectivity index (χ1n) is 5.57. The SMILES string of the molecule is Cc1ccc(C(=O)Nc2ccc(Br)cc2)c(C)n1. The molecule has 1 heterocycles. The van der Waals surface area contributed by atoms with Crippen molar-refractivity contribution in [3.05, 3.63) is 57.8 Å². The third-order valence-corrected chi connectivity index (χ3v) is 3.10. The Balaban J connectivity index is 2.19. The molecule has 0 atom stereocenters. The van der Waals surface area contributed by atoms with Crippen molar-refractivity contribution in [1.29, 1.82) is 0 Å². The van der Waals surface area contributed by atoms with Crippen LogP contribution < -0.4 is 5.32 Å². The Kier molecular flexibility index (Phi) is 3.77. The fourth-order valence-corrected chi connectivity index (χ4v) is 1.92. The van der Waals surface area contributed by atoms with Crippen LogP contribution in [0, 0.1) is 13.8 Å². The van der Waals surface area contributed by atoms with Gasteiger partial charge in [-0.05, 0) is 50.2 Å². The highest BCUT2D eigenvalue weighted by molar-refractivity contribution is 9.10. The van der Waals surface area contributed by atoms with Crippen molar-refractivity contribution in [3.63, 3.8) is 0 Å². The van der Waals surface area contributed by atoms with E-state index in [4.69, 9.17) is 0 Å². The third kappa shape index (κ3) is 2.96. The Morgan fingerprint density at radius 1 is 1.11 bits per heavy atom. The lowest BCUT2D eigenvalue weighted by molar-refractivity contribution is 0.102. The summed E-state index contributed by atoms with van der Waals surface area (Å²) >= 11 is 3.35. The van der Waals surface area contributed by atoms with E-state index >= 15 is 0 Å². The van der Waals surface area contributed by atoms with Crippen LogP contribution in [-0.4, -0.2) is 10.9 Å². The number of aromatic nitrogens is 1. The molecule has 0 radical (unpaired) electrons. The summed E-state index contributed by atoms with van der Waals surface area (Å²) in [5.41, 5.74) is 3.02. The second-order valence-electron chi connectivity index (χ2n) is 4.05. The normalized spacial score (nSPS) is 10.2. The Labute approximate surface area is 114 Å². The smallest absolute Gasteiger partial charge is 0.257 e. The summed E-state index contributed by atoms with van der Waals surface area (Å²) in [6.45, 7) is 3.74. The number of rotatable bonds is 2. The summed E-state index contributed by atoms with van der Waals surface area (Å²) in [5, 5.41) is 2.85. The minimum Gasteiger partial charge on any atom is -0.322 e. The molecule has 3 nitrogen and oxygen atoms in total. The molecule has 0 aliphatic rings. The predicted molar refractivity (Wildman–Crippen MR) is 75.8 cm³/mol. The molecule has 0 bridgehead atoms. The quantitative estimate of drug-likeness (QED) is 0.919. The number of hydrogen-bond acceptors (Lipinski definition) is 2. The number of benzene rings is 1. The van der Waals surface area contributed by atoms with Gasteiger partial charge >= 0.3 is 0 Å². The lowest BCUT2D eigenvalue weighted by Gasteiger charge is -2.07. The van der Waals surface area contributed by atoms with E-state index in [1.165, 1.54) is 0 Å². The molecule has 1 aromatic heterocycles. The fraction of sp³-hybridized carbons (Fsp3) is 0.143. The molecule has 92 valence electrons. The number of anilines is 1. The van der Waals surface area contributed by atoms with Gasteiger partial charge in [-0.2, -0.15) is 0 Å². The van der Waals surface area contributed by atoms with Gasteiger partial charge in [-0.3, -0.25) is 9.78 Å². The van der Waals surface area contributed by atoms with E-state index in [1.807, 2.05) is 44.2 Å². The number of pyridine rings is 1. The highest BCUT2D eigenvalue weighted by atomic mass is 79.9. The van der Waals surface area contributed by atoms with Gasteiger partial charge in [0.2, 0.25) is 0 Å². The summed E-state index contributed by atoms with van der Waals surface area (Å²) in [7, 11) is 0. The second kappa shape index (κ2) is 5.31. The first-order valence-corrected chi connectivity index (χ1v) is 6.37. The molecule has 0 saturated carbocycles. The summed E-state index contributed by atoms with van der Waals surface area (Å²) < 4.78 is 0.980. The van der Waals surface area contributed by atoms with E-state index in [1.54, 1.807) is 6.07 Å². The van der Waals surface area contributed by atoms with Crippen LogP contribution in [0.2, 0.25) is 0 Å². The molecule has 0 saturated heterocycles. The number of nitrogens with zero attached hydrogens (tertiary/aromatic N) is 1. The molecule has 4 heteroatoms. The van der Waals surface area contributed by atoms with Crippen molar-refractivity contribution in [3.8, 4) is 0 Å². The highest BCUT2D eigenvalue weighted by Crippen LogP contribution is 2.15. The highest BCUT2D eigenvalue weighted by Gasteiger charge is 2.10. The number of aryl methyl sites for hydroxylation is 2. The molecule has 1 amide bonds. The van der Waals surface area contributed by atoms with Gasteiger partial charge in [0, 0.05) is 15.9 Å². The Bertz CT molecular complexity index is 579. The van der Waals surface area contributed by atoms with Crippen LogP contribution in [-0.2, 0) is 0 Å². The number of carbonyl (C=O) groups is 1. The molecule has 1 N–H and O–H groups in total. The zero-order valence-corrected chi connectivity index (χ0v) is 11.8. The van der Waals surface area contributed by atoms with E-state index in [0.717, 1.165) is 21.5 Å². The van der Waals surface area contributed by atoms with Crippen LogP contribution in [0.1, 0.15) is 21.7 Å². The molecule has 0 spiro atoms. The molecule has 0 aliphatic heterocycles. The number of carbonyl (C=O) groups excluding carboxylic acids is 1. The lowest BCUT2D eigenvalue weighted by Crippen LogP contribution is -2.14. The summed E-state index contributed by atoms with van der Waals surface area (Å²) in [6, 6.07) is 11.1. The van der Waals surface area contributed by atoms with Crippen molar-refractivity contribution in [2.45, 2.75) is 13.8 Å². The van der Waals surface area contributed by atoms with E-state index < -0.39 is 0 Å². The van der Waals surface area contributed by atoms with E-state index in [-0.39, 0.29) is 5.91 Å². The monoisotopic (exact) mass is 304 g/mol. The molecule has 18 heavy (non-hydrogen) atoms. The molecular formula is C14H13BrN2O. The van der Waals surface area contributed by atoms with Gasteiger partial charge in [0.15, 0.2) is 0 Å². The minimum absolute atomic E-state index is 0.137. The van der Waals surface area contributed by atoms with Crippen molar-refractivity contribution in [2.75, 3.05) is 5.32 Å². The van der Waals surface area contributed by atoms with Crippen LogP contribution in [0.15, 0.2) is 40.9 Å². The van der Waals surface area contributed by atoms with Gasteiger partial charge < -0.3 is 5.32 Å². The van der Waals surface area contributed by atoms with Crippen LogP contribution in [0.4, 0.5) is 5.69 Å². The third-order valence-electron chi connectivity index (χ3n) is 2.57. The number of nitrogens with one attached hydrogen (secondary N) is 1. The standard InChI is InChI=1S/C14H13BrN2O/c1-9-3-8-13(10(2)16-9)14(18)17-12-6-4-11(15)5-7-12/h3-8H,1-2H3,(H,17,18). The van der Waals surface area contributed by atoms with Crippen molar-refractivity contribution < 1.29 is 4.79 Å². The number of amides is 1. The largest absolute Gasteiger partial charge is 0.322 e. The predicted octanol–water partition coefficient (Wildman–Crippen LogP) is 3.71. The lowest BCUT2D eigenvalue weighted by atomic mass is 10.1. The summed E-state index contributed by atoms with van der Waals surface area (Å²) in [4.78, 5) is 16.4. The van der Waals surface area contributed by atoms with E-state index in [0.29, 0.717) is 5.56 Å². The van der Waals surface area contributed by atoms with Crippen molar-refractivity contribution >= 4 is 27.5 Å². The molecule has 2 aromatic rings. The second-order valence-corrected chi connectivity index (χ2v) is 4.96.